The normalized spacial score (nSPS) is 23.1. The van der Waals surface area contributed by atoms with Gasteiger partial charge in [0.15, 0.2) is 0 Å². The van der Waals surface area contributed by atoms with E-state index in [0.717, 1.165) is 12.3 Å². The predicted molar refractivity (Wildman–Crippen MR) is 88.0 cm³/mol. The van der Waals surface area contributed by atoms with Crippen LogP contribution in [0.2, 0.25) is 0 Å². The molecular weight excluding hydrogens is 282 g/mol. The van der Waals surface area contributed by atoms with Gasteiger partial charge in [0.2, 0.25) is 10.0 Å². The van der Waals surface area contributed by atoms with Gasteiger partial charge in [-0.25, -0.2) is 13.1 Å². The number of hydrogen-bond donors (Lipinski definition) is 1. The quantitative estimate of drug-likeness (QED) is 0.874. The lowest BCUT2D eigenvalue weighted by atomic mass is 9.79. The summed E-state index contributed by atoms with van der Waals surface area (Å²) in [4.78, 5) is 0. The minimum atomic E-state index is -3.07. The monoisotopic (exact) mass is 309 g/mol. The van der Waals surface area contributed by atoms with Crippen LogP contribution in [0.25, 0.3) is 0 Å². The van der Waals surface area contributed by atoms with Crippen molar-refractivity contribution in [2.24, 2.45) is 5.92 Å². The molecule has 0 bridgehead atoms. The van der Waals surface area contributed by atoms with Crippen molar-refractivity contribution >= 4 is 10.0 Å². The highest BCUT2D eigenvalue weighted by molar-refractivity contribution is 7.89. The Labute approximate surface area is 129 Å². The second-order valence-electron chi connectivity index (χ2n) is 6.25. The Balaban J connectivity index is 1.84. The van der Waals surface area contributed by atoms with E-state index in [4.69, 9.17) is 0 Å². The average Bonchev–Trinajstić information content (AvgIpc) is 2.49. The van der Waals surface area contributed by atoms with Gasteiger partial charge < -0.3 is 0 Å². The van der Waals surface area contributed by atoms with E-state index in [1.807, 2.05) is 0 Å². The van der Waals surface area contributed by atoms with Crippen LogP contribution in [0.15, 0.2) is 24.3 Å². The van der Waals surface area contributed by atoms with Crippen molar-refractivity contribution in [3.63, 3.8) is 0 Å². The fourth-order valence-corrected chi connectivity index (χ4v) is 3.62. The highest BCUT2D eigenvalue weighted by Gasteiger charge is 2.19. The van der Waals surface area contributed by atoms with E-state index in [1.165, 1.54) is 36.8 Å². The molecule has 0 unspecified atom stereocenters. The van der Waals surface area contributed by atoms with Crippen molar-refractivity contribution in [1.29, 1.82) is 0 Å². The van der Waals surface area contributed by atoms with E-state index in [9.17, 15) is 8.42 Å². The molecule has 1 saturated carbocycles. The molecule has 2 rings (SSSR count). The predicted octanol–water partition coefficient (Wildman–Crippen LogP) is 3.46. The van der Waals surface area contributed by atoms with E-state index in [1.54, 1.807) is 6.92 Å². The summed E-state index contributed by atoms with van der Waals surface area (Å²) in [5.41, 5.74) is 2.64. The molecule has 0 atom stereocenters. The van der Waals surface area contributed by atoms with E-state index < -0.39 is 10.0 Å². The molecule has 1 aliphatic carbocycles. The first kappa shape index (κ1) is 16.5. The SMILES string of the molecule is CCS(=O)(=O)NCCc1ccc(C2CCC(C)CC2)cc1. The van der Waals surface area contributed by atoms with Crippen LogP contribution in [0.3, 0.4) is 0 Å². The molecule has 0 aliphatic heterocycles. The average molecular weight is 309 g/mol. The lowest BCUT2D eigenvalue weighted by Crippen LogP contribution is -2.27. The second-order valence-corrected chi connectivity index (χ2v) is 8.34. The van der Waals surface area contributed by atoms with Gasteiger partial charge in [-0.15, -0.1) is 0 Å². The summed E-state index contributed by atoms with van der Waals surface area (Å²) in [5.74, 6) is 1.74. The zero-order valence-corrected chi connectivity index (χ0v) is 14.0. The van der Waals surface area contributed by atoms with Crippen LogP contribution in [-0.4, -0.2) is 20.7 Å². The summed E-state index contributed by atoms with van der Waals surface area (Å²) < 4.78 is 25.3. The summed E-state index contributed by atoms with van der Waals surface area (Å²) in [6.07, 6.45) is 6.03. The molecule has 4 heteroatoms. The Hall–Kier alpha value is -0.870. The van der Waals surface area contributed by atoms with Gasteiger partial charge >= 0.3 is 0 Å². The third kappa shape index (κ3) is 5.11. The zero-order valence-electron chi connectivity index (χ0n) is 13.1. The van der Waals surface area contributed by atoms with Gasteiger partial charge in [-0.2, -0.15) is 0 Å². The van der Waals surface area contributed by atoms with Crippen LogP contribution in [0.5, 0.6) is 0 Å². The van der Waals surface area contributed by atoms with Gasteiger partial charge in [-0.05, 0) is 49.1 Å². The van der Waals surface area contributed by atoms with Crippen molar-refractivity contribution in [2.75, 3.05) is 12.3 Å². The molecule has 0 aromatic heterocycles. The third-order valence-corrected chi connectivity index (χ3v) is 5.99. The Morgan fingerprint density at radius 2 is 1.71 bits per heavy atom. The summed E-state index contributed by atoms with van der Waals surface area (Å²) >= 11 is 0. The molecule has 118 valence electrons. The molecule has 1 aromatic rings. The molecular formula is C17H27NO2S. The van der Waals surface area contributed by atoms with Gasteiger partial charge in [0, 0.05) is 6.54 Å². The summed E-state index contributed by atoms with van der Waals surface area (Å²) in [6.45, 7) is 4.48. The lowest BCUT2D eigenvalue weighted by molar-refractivity contribution is 0.348. The number of rotatable bonds is 6. The van der Waals surface area contributed by atoms with Crippen molar-refractivity contribution < 1.29 is 8.42 Å². The molecule has 0 saturated heterocycles. The molecule has 1 fully saturated rings. The first-order valence-electron chi connectivity index (χ1n) is 8.06. The molecule has 3 nitrogen and oxygen atoms in total. The highest BCUT2D eigenvalue weighted by Crippen LogP contribution is 2.35. The third-order valence-electron chi connectivity index (χ3n) is 4.58. The van der Waals surface area contributed by atoms with Crippen LogP contribution in [0, 0.1) is 5.92 Å². The Morgan fingerprint density at radius 1 is 1.10 bits per heavy atom. The van der Waals surface area contributed by atoms with E-state index >= 15 is 0 Å². The van der Waals surface area contributed by atoms with E-state index in [-0.39, 0.29) is 5.75 Å². The van der Waals surface area contributed by atoms with Gasteiger partial charge in [0.05, 0.1) is 5.75 Å². The summed E-state index contributed by atoms with van der Waals surface area (Å²) in [6, 6.07) is 8.75. The molecule has 0 heterocycles. The largest absolute Gasteiger partial charge is 0.215 e. The van der Waals surface area contributed by atoms with Crippen molar-refractivity contribution in [3.05, 3.63) is 35.4 Å². The minimum absolute atomic E-state index is 0.145. The maximum Gasteiger partial charge on any atom is 0.211 e. The fraction of sp³-hybridized carbons (Fsp3) is 0.647. The Kier molecular flexibility index (Phi) is 5.82. The topological polar surface area (TPSA) is 46.2 Å². The maximum absolute atomic E-state index is 11.4. The molecule has 0 spiro atoms. The summed E-state index contributed by atoms with van der Waals surface area (Å²) in [7, 11) is -3.07. The van der Waals surface area contributed by atoms with Crippen LogP contribution >= 0.6 is 0 Å². The summed E-state index contributed by atoms with van der Waals surface area (Å²) in [5, 5.41) is 0. The van der Waals surface area contributed by atoms with Crippen molar-refractivity contribution in [3.8, 4) is 0 Å². The van der Waals surface area contributed by atoms with Gasteiger partial charge in [-0.3, -0.25) is 0 Å². The van der Waals surface area contributed by atoms with Gasteiger partial charge in [0.1, 0.15) is 0 Å². The highest BCUT2D eigenvalue weighted by atomic mass is 32.2. The van der Waals surface area contributed by atoms with Crippen molar-refractivity contribution in [2.45, 2.75) is 51.9 Å². The van der Waals surface area contributed by atoms with Gasteiger partial charge in [0.25, 0.3) is 0 Å². The van der Waals surface area contributed by atoms with Crippen LogP contribution < -0.4 is 4.72 Å². The van der Waals surface area contributed by atoms with E-state index in [0.29, 0.717) is 12.5 Å². The molecule has 1 N–H and O–H groups in total. The first-order valence-corrected chi connectivity index (χ1v) is 9.71. The number of benzene rings is 1. The standard InChI is InChI=1S/C17H27NO2S/c1-3-21(19,20)18-13-12-15-6-10-17(11-7-15)16-8-4-14(2)5-9-16/h6-7,10-11,14,16,18H,3-5,8-9,12-13H2,1-2H3. The van der Waals surface area contributed by atoms with Crippen molar-refractivity contribution in [1.82, 2.24) is 4.72 Å². The molecule has 21 heavy (non-hydrogen) atoms. The first-order chi connectivity index (χ1) is 10.00. The van der Waals surface area contributed by atoms with Crippen LogP contribution in [-0.2, 0) is 16.4 Å². The second kappa shape index (κ2) is 7.41. The molecule has 0 radical (unpaired) electrons. The Morgan fingerprint density at radius 3 is 2.29 bits per heavy atom. The van der Waals surface area contributed by atoms with Crippen LogP contribution in [0.1, 0.15) is 56.6 Å². The molecule has 1 aromatic carbocycles. The number of nitrogens with one attached hydrogen (secondary N) is 1. The van der Waals surface area contributed by atoms with Crippen LogP contribution in [0.4, 0.5) is 0 Å². The minimum Gasteiger partial charge on any atom is -0.215 e. The number of sulfonamides is 1. The van der Waals surface area contributed by atoms with Gasteiger partial charge in [-0.1, -0.05) is 44.0 Å². The zero-order chi connectivity index (χ0) is 15.3. The Bertz CT molecular complexity index is 528. The van der Waals surface area contributed by atoms with E-state index in [2.05, 4.69) is 35.9 Å². The number of hydrogen-bond acceptors (Lipinski definition) is 2. The lowest BCUT2D eigenvalue weighted by Gasteiger charge is -2.26. The molecule has 1 aliphatic rings. The maximum atomic E-state index is 11.4. The smallest absolute Gasteiger partial charge is 0.211 e. The molecule has 0 amide bonds. The fourth-order valence-electron chi connectivity index (χ4n) is 3.00.